The molecule has 0 heterocycles. The molecule has 0 amide bonds. The van der Waals surface area contributed by atoms with Gasteiger partial charge < -0.3 is 0 Å². The van der Waals surface area contributed by atoms with E-state index in [0.717, 1.165) is 0 Å². The number of hydrogen-bond donors (Lipinski definition) is 0. The highest BCUT2D eigenvalue weighted by atomic mass is 14.0. The van der Waals surface area contributed by atoms with E-state index in [-0.39, 0.29) is 0 Å². The molecule has 0 heteroatoms. The van der Waals surface area contributed by atoms with Crippen LogP contribution < -0.4 is 0 Å². The van der Waals surface area contributed by atoms with Gasteiger partial charge in [-0.2, -0.15) is 0 Å². The first kappa shape index (κ1) is 24.5. The largest absolute Gasteiger partial charge is 0.103 e. The standard InChI is InChI=1S/C25H48/c1-3-5-7-9-11-13-15-17-19-21-23-25-24-22-20-18-16-14-12-10-8-6-4-2/h3,17,19H,1,4-16,18,20-25H2,2H3/b19-17-. The third-order valence-corrected chi connectivity index (χ3v) is 5.17. The van der Waals surface area contributed by atoms with Gasteiger partial charge in [-0.3, -0.25) is 0 Å². The Kier molecular flexibility index (Phi) is 23.0. The number of allylic oxidation sites excluding steroid dienone is 3. The quantitative estimate of drug-likeness (QED) is 0.143. The van der Waals surface area contributed by atoms with Crippen LogP contribution in [0.1, 0.15) is 135 Å². The van der Waals surface area contributed by atoms with Crippen molar-refractivity contribution < 1.29 is 0 Å². The summed E-state index contributed by atoms with van der Waals surface area (Å²) in [7, 11) is 0. The molecule has 0 fully saturated rings. The van der Waals surface area contributed by atoms with Crippen LogP contribution in [0.25, 0.3) is 0 Å². The Labute approximate surface area is 160 Å². The third-order valence-electron chi connectivity index (χ3n) is 5.17. The first-order valence-electron chi connectivity index (χ1n) is 11.7. The van der Waals surface area contributed by atoms with Crippen LogP contribution in [0.4, 0.5) is 0 Å². The summed E-state index contributed by atoms with van der Waals surface area (Å²) < 4.78 is 0. The molecule has 0 bridgehead atoms. The van der Waals surface area contributed by atoms with E-state index in [0.29, 0.717) is 0 Å². The van der Waals surface area contributed by atoms with E-state index < -0.39 is 0 Å². The van der Waals surface area contributed by atoms with Crippen molar-refractivity contribution in [2.45, 2.75) is 135 Å². The maximum absolute atomic E-state index is 3.77. The Morgan fingerprint density at radius 1 is 0.440 bits per heavy atom. The van der Waals surface area contributed by atoms with E-state index in [2.05, 4.69) is 25.7 Å². The topological polar surface area (TPSA) is 0 Å². The van der Waals surface area contributed by atoms with E-state index in [1.165, 1.54) is 128 Å². The summed E-state index contributed by atoms with van der Waals surface area (Å²) in [6, 6.07) is 0. The van der Waals surface area contributed by atoms with Gasteiger partial charge in [-0.15, -0.1) is 6.58 Å². The van der Waals surface area contributed by atoms with Crippen molar-refractivity contribution in [1.82, 2.24) is 0 Å². The zero-order valence-electron chi connectivity index (χ0n) is 17.6. The monoisotopic (exact) mass is 348 g/mol. The second-order valence-electron chi connectivity index (χ2n) is 7.78. The fourth-order valence-corrected chi connectivity index (χ4v) is 3.42. The van der Waals surface area contributed by atoms with Crippen LogP contribution >= 0.6 is 0 Å². The highest BCUT2D eigenvalue weighted by Crippen LogP contribution is 2.13. The van der Waals surface area contributed by atoms with Gasteiger partial charge in [0, 0.05) is 0 Å². The molecule has 0 radical (unpaired) electrons. The molecule has 0 saturated carbocycles. The Balaban J connectivity index is 3.04. The van der Waals surface area contributed by atoms with E-state index in [4.69, 9.17) is 0 Å². The second kappa shape index (κ2) is 23.5. The average Bonchev–Trinajstić information content (AvgIpc) is 2.63. The van der Waals surface area contributed by atoms with Gasteiger partial charge in [-0.05, 0) is 38.5 Å². The summed E-state index contributed by atoms with van der Waals surface area (Å²) in [6.07, 6.45) is 34.9. The molecule has 25 heavy (non-hydrogen) atoms. The molecule has 148 valence electrons. The zero-order chi connectivity index (χ0) is 18.3. The lowest BCUT2D eigenvalue weighted by atomic mass is 10.0. The summed E-state index contributed by atoms with van der Waals surface area (Å²) in [5, 5.41) is 0. The maximum atomic E-state index is 3.77. The van der Waals surface area contributed by atoms with Crippen molar-refractivity contribution in [2.75, 3.05) is 0 Å². The molecule has 0 saturated heterocycles. The summed E-state index contributed by atoms with van der Waals surface area (Å²) in [5.41, 5.74) is 0. The molecular weight excluding hydrogens is 300 g/mol. The third kappa shape index (κ3) is 23.5. The second-order valence-corrected chi connectivity index (χ2v) is 7.78. The molecule has 0 N–H and O–H groups in total. The van der Waals surface area contributed by atoms with E-state index in [9.17, 15) is 0 Å². The summed E-state index contributed by atoms with van der Waals surface area (Å²) in [5.74, 6) is 0. The predicted molar refractivity (Wildman–Crippen MR) is 117 cm³/mol. The van der Waals surface area contributed by atoms with Gasteiger partial charge in [0.2, 0.25) is 0 Å². The van der Waals surface area contributed by atoms with E-state index >= 15 is 0 Å². The fourth-order valence-electron chi connectivity index (χ4n) is 3.42. The number of hydrogen-bond acceptors (Lipinski definition) is 0. The molecule has 0 aliphatic carbocycles. The molecule has 0 aromatic carbocycles. The van der Waals surface area contributed by atoms with Gasteiger partial charge in [-0.1, -0.05) is 115 Å². The molecular formula is C25H48. The first-order chi connectivity index (χ1) is 12.4. The molecule has 0 atom stereocenters. The summed E-state index contributed by atoms with van der Waals surface area (Å²) in [6.45, 7) is 6.07. The number of unbranched alkanes of at least 4 members (excludes halogenated alkanes) is 18. The minimum Gasteiger partial charge on any atom is -0.103 e. The molecule has 0 unspecified atom stereocenters. The smallest absolute Gasteiger partial charge is 0.0351 e. The van der Waals surface area contributed by atoms with Crippen LogP contribution in [0.2, 0.25) is 0 Å². The predicted octanol–water partition coefficient (Wildman–Crippen LogP) is 9.55. The van der Waals surface area contributed by atoms with Crippen LogP contribution in [-0.4, -0.2) is 0 Å². The van der Waals surface area contributed by atoms with Gasteiger partial charge in [0.1, 0.15) is 0 Å². The lowest BCUT2D eigenvalue weighted by Gasteiger charge is -2.02. The zero-order valence-corrected chi connectivity index (χ0v) is 17.6. The van der Waals surface area contributed by atoms with Crippen molar-refractivity contribution >= 4 is 0 Å². The average molecular weight is 349 g/mol. The molecule has 0 spiro atoms. The minimum atomic E-state index is 1.19. The van der Waals surface area contributed by atoms with Gasteiger partial charge in [0.25, 0.3) is 0 Å². The van der Waals surface area contributed by atoms with Crippen molar-refractivity contribution in [3.05, 3.63) is 24.8 Å². The maximum Gasteiger partial charge on any atom is -0.0351 e. The van der Waals surface area contributed by atoms with Crippen LogP contribution in [0, 0.1) is 0 Å². The molecule has 0 aromatic heterocycles. The first-order valence-corrected chi connectivity index (χ1v) is 11.7. The van der Waals surface area contributed by atoms with Crippen LogP contribution in [-0.2, 0) is 0 Å². The Hall–Kier alpha value is -0.520. The fraction of sp³-hybridized carbons (Fsp3) is 0.840. The van der Waals surface area contributed by atoms with Gasteiger partial charge in [0.15, 0.2) is 0 Å². The van der Waals surface area contributed by atoms with Gasteiger partial charge >= 0.3 is 0 Å². The van der Waals surface area contributed by atoms with Crippen molar-refractivity contribution in [1.29, 1.82) is 0 Å². The highest BCUT2D eigenvalue weighted by Gasteiger charge is 1.93. The van der Waals surface area contributed by atoms with Crippen LogP contribution in [0.3, 0.4) is 0 Å². The molecule has 0 aliphatic rings. The van der Waals surface area contributed by atoms with Crippen LogP contribution in [0.5, 0.6) is 0 Å². The lowest BCUT2D eigenvalue weighted by Crippen LogP contribution is -1.82. The van der Waals surface area contributed by atoms with Crippen molar-refractivity contribution in [2.24, 2.45) is 0 Å². The minimum absolute atomic E-state index is 1.19. The normalized spacial score (nSPS) is 11.4. The Morgan fingerprint density at radius 3 is 1.12 bits per heavy atom. The molecule has 0 nitrogen and oxygen atoms in total. The Morgan fingerprint density at radius 2 is 0.760 bits per heavy atom. The molecule has 0 aromatic rings. The SMILES string of the molecule is C=CCCCCCC/C=C\CCCCCCCCCCCCCCC. The van der Waals surface area contributed by atoms with E-state index in [1.807, 2.05) is 6.08 Å². The number of rotatable bonds is 21. The van der Waals surface area contributed by atoms with Gasteiger partial charge in [-0.25, -0.2) is 0 Å². The van der Waals surface area contributed by atoms with E-state index in [1.54, 1.807) is 0 Å². The van der Waals surface area contributed by atoms with Crippen LogP contribution in [0.15, 0.2) is 24.8 Å². The molecule has 0 aliphatic heterocycles. The van der Waals surface area contributed by atoms with Crippen molar-refractivity contribution in [3.63, 3.8) is 0 Å². The lowest BCUT2D eigenvalue weighted by molar-refractivity contribution is 0.540. The summed E-state index contributed by atoms with van der Waals surface area (Å²) in [4.78, 5) is 0. The van der Waals surface area contributed by atoms with Gasteiger partial charge in [0.05, 0.1) is 0 Å². The molecule has 0 rings (SSSR count). The summed E-state index contributed by atoms with van der Waals surface area (Å²) >= 11 is 0. The van der Waals surface area contributed by atoms with Crippen molar-refractivity contribution in [3.8, 4) is 0 Å². The highest BCUT2D eigenvalue weighted by molar-refractivity contribution is 4.81. The Bertz CT molecular complexity index is 263.